The summed E-state index contributed by atoms with van der Waals surface area (Å²) in [4.78, 5) is 24.1. The first-order chi connectivity index (χ1) is 9.14. The van der Waals surface area contributed by atoms with E-state index in [-0.39, 0.29) is 28.6 Å². The smallest absolute Gasteiger partial charge is 0.221 e. The number of nitrogens with one attached hydrogen (secondary N) is 1. The molecule has 116 valence electrons. The molecule has 0 bridgehead atoms. The average molecular weight is 281 g/mol. The second kappa shape index (κ2) is 6.73. The van der Waals surface area contributed by atoms with Gasteiger partial charge in [0, 0.05) is 6.42 Å². The molecule has 1 saturated carbocycles. The highest BCUT2D eigenvalue weighted by molar-refractivity contribution is 5.88. The quantitative estimate of drug-likeness (QED) is 0.795. The van der Waals surface area contributed by atoms with Crippen molar-refractivity contribution in [2.75, 3.05) is 0 Å². The van der Waals surface area contributed by atoms with E-state index in [1.54, 1.807) is 6.92 Å². The van der Waals surface area contributed by atoms with Crippen LogP contribution in [0.15, 0.2) is 0 Å². The summed E-state index contributed by atoms with van der Waals surface area (Å²) in [6.45, 7) is 9.76. The number of ketones is 1. The van der Waals surface area contributed by atoms with Gasteiger partial charge < -0.3 is 5.32 Å². The van der Waals surface area contributed by atoms with E-state index in [4.69, 9.17) is 0 Å². The van der Waals surface area contributed by atoms with Crippen molar-refractivity contribution in [2.45, 2.75) is 85.6 Å². The molecule has 1 aliphatic rings. The Kier molecular flexibility index (Phi) is 5.79. The zero-order chi connectivity index (χ0) is 15.4. The Morgan fingerprint density at radius 2 is 1.60 bits per heavy atom. The fourth-order valence-corrected chi connectivity index (χ4v) is 3.29. The van der Waals surface area contributed by atoms with Gasteiger partial charge in [0.15, 0.2) is 5.78 Å². The molecule has 1 rings (SSSR count). The van der Waals surface area contributed by atoms with Crippen molar-refractivity contribution >= 4 is 11.7 Å². The SMILES string of the molecule is CC(=O)C(NC(=O)CC1(C)CCCCCC1)C(C)(C)C. The minimum absolute atomic E-state index is 0.0320. The van der Waals surface area contributed by atoms with Crippen molar-refractivity contribution in [3.8, 4) is 0 Å². The van der Waals surface area contributed by atoms with Crippen LogP contribution in [-0.2, 0) is 9.59 Å². The zero-order valence-electron chi connectivity index (χ0n) is 13.8. The summed E-state index contributed by atoms with van der Waals surface area (Å²) in [6, 6.07) is -0.385. The Hall–Kier alpha value is -0.860. The summed E-state index contributed by atoms with van der Waals surface area (Å²) < 4.78 is 0. The van der Waals surface area contributed by atoms with Crippen LogP contribution in [-0.4, -0.2) is 17.7 Å². The first kappa shape index (κ1) is 17.2. The Morgan fingerprint density at radius 3 is 2.00 bits per heavy atom. The van der Waals surface area contributed by atoms with Crippen molar-refractivity contribution in [3.05, 3.63) is 0 Å². The Labute approximate surface area is 123 Å². The van der Waals surface area contributed by atoms with E-state index in [0.29, 0.717) is 6.42 Å². The van der Waals surface area contributed by atoms with Gasteiger partial charge in [-0.05, 0) is 30.6 Å². The van der Waals surface area contributed by atoms with Gasteiger partial charge in [0.25, 0.3) is 0 Å². The highest BCUT2D eigenvalue weighted by atomic mass is 16.2. The second-order valence-corrected chi connectivity index (χ2v) is 7.88. The van der Waals surface area contributed by atoms with Gasteiger partial charge in [-0.2, -0.15) is 0 Å². The van der Waals surface area contributed by atoms with Crippen molar-refractivity contribution in [3.63, 3.8) is 0 Å². The number of Topliss-reactive ketones (excluding diaryl/α,β-unsaturated/α-hetero) is 1. The number of hydrogen-bond donors (Lipinski definition) is 1. The van der Waals surface area contributed by atoms with E-state index in [1.807, 2.05) is 20.8 Å². The lowest BCUT2D eigenvalue weighted by Gasteiger charge is -2.32. The van der Waals surface area contributed by atoms with Crippen molar-refractivity contribution in [1.29, 1.82) is 0 Å². The van der Waals surface area contributed by atoms with Crippen molar-refractivity contribution < 1.29 is 9.59 Å². The monoisotopic (exact) mass is 281 g/mol. The van der Waals surface area contributed by atoms with Gasteiger partial charge in [0.1, 0.15) is 0 Å². The van der Waals surface area contributed by atoms with E-state index in [1.165, 1.54) is 25.7 Å². The Balaban J connectivity index is 2.63. The predicted octanol–water partition coefficient (Wildman–Crippen LogP) is 3.86. The van der Waals surface area contributed by atoms with E-state index >= 15 is 0 Å². The summed E-state index contributed by atoms with van der Waals surface area (Å²) >= 11 is 0. The van der Waals surface area contributed by atoms with Crippen molar-refractivity contribution in [2.24, 2.45) is 10.8 Å². The third kappa shape index (κ3) is 5.26. The topological polar surface area (TPSA) is 46.2 Å². The second-order valence-electron chi connectivity index (χ2n) is 7.88. The number of rotatable bonds is 4. The van der Waals surface area contributed by atoms with Crippen LogP contribution in [0.2, 0.25) is 0 Å². The predicted molar refractivity (Wildman–Crippen MR) is 82.5 cm³/mol. The zero-order valence-corrected chi connectivity index (χ0v) is 13.8. The molecule has 0 aliphatic heterocycles. The van der Waals surface area contributed by atoms with E-state index in [2.05, 4.69) is 12.2 Å². The van der Waals surface area contributed by atoms with Gasteiger partial charge in [0.2, 0.25) is 5.91 Å². The number of carbonyl (C=O) groups excluding carboxylic acids is 2. The van der Waals surface area contributed by atoms with Crippen LogP contribution in [0.1, 0.15) is 79.6 Å². The van der Waals surface area contributed by atoms with Crippen LogP contribution in [0.5, 0.6) is 0 Å². The van der Waals surface area contributed by atoms with Crippen molar-refractivity contribution in [1.82, 2.24) is 5.32 Å². The standard InChI is InChI=1S/C17H31NO2/c1-13(19)15(16(2,3)4)18-14(20)12-17(5)10-8-6-7-9-11-17/h15H,6-12H2,1-5H3,(H,18,20). The molecular formula is C17H31NO2. The number of amides is 1. The molecule has 1 unspecified atom stereocenters. The van der Waals surface area contributed by atoms with Crippen LogP contribution in [0.3, 0.4) is 0 Å². The maximum atomic E-state index is 12.3. The Morgan fingerprint density at radius 1 is 1.10 bits per heavy atom. The first-order valence-electron chi connectivity index (χ1n) is 7.94. The largest absolute Gasteiger partial charge is 0.346 e. The highest BCUT2D eigenvalue weighted by Crippen LogP contribution is 2.37. The van der Waals surface area contributed by atoms with Gasteiger partial charge in [0.05, 0.1) is 6.04 Å². The first-order valence-corrected chi connectivity index (χ1v) is 7.94. The van der Waals surface area contributed by atoms with Crippen LogP contribution < -0.4 is 5.32 Å². The molecule has 0 radical (unpaired) electrons. The van der Waals surface area contributed by atoms with Gasteiger partial charge >= 0.3 is 0 Å². The van der Waals surface area contributed by atoms with Gasteiger partial charge in [-0.1, -0.05) is 53.4 Å². The molecule has 0 heterocycles. The normalized spacial score (nSPS) is 20.9. The summed E-state index contributed by atoms with van der Waals surface area (Å²) in [5, 5.41) is 2.96. The van der Waals surface area contributed by atoms with Crippen LogP contribution in [0, 0.1) is 10.8 Å². The third-order valence-electron chi connectivity index (χ3n) is 4.48. The van der Waals surface area contributed by atoms with Crippen LogP contribution in [0.25, 0.3) is 0 Å². The fourth-order valence-electron chi connectivity index (χ4n) is 3.29. The molecule has 0 spiro atoms. The molecule has 1 aliphatic carbocycles. The minimum Gasteiger partial charge on any atom is -0.346 e. The van der Waals surface area contributed by atoms with Crippen LogP contribution in [0.4, 0.5) is 0 Å². The Bertz CT molecular complexity index is 346. The summed E-state index contributed by atoms with van der Waals surface area (Å²) in [5.41, 5.74) is -0.119. The molecule has 1 fully saturated rings. The van der Waals surface area contributed by atoms with E-state index in [9.17, 15) is 9.59 Å². The highest BCUT2D eigenvalue weighted by Gasteiger charge is 2.33. The molecule has 1 amide bonds. The maximum Gasteiger partial charge on any atom is 0.221 e. The number of carbonyl (C=O) groups is 2. The summed E-state index contributed by atoms with van der Waals surface area (Å²) in [5.74, 6) is 0.0707. The lowest BCUT2D eigenvalue weighted by Crippen LogP contribution is -2.49. The van der Waals surface area contributed by atoms with E-state index in [0.717, 1.165) is 12.8 Å². The maximum absolute atomic E-state index is 12.3. The third-order valence-corrected chi connectivity index (χ3v) is 4.48. The molecule has 1 N–H and O–H groups in total. The van der Waals surface area contributed by atoms with E-state index < -0.39 is 0 Å². The summed E-state index contributed by atoms with van der Waals surface area (Å²) in [6.07, 6.45) is 7.82. The molecule has 3 heteroatoms. The molecule has 0 saturated heterocycles. The van der Waals surface area contributed by atoms with Crippen LogP contribution >= 0.6 is 0 Å². The molecule has 20 heavy (non-hydrogen) atoms. The minimum atomic E-state index is -0.385. The molecule has 1 atom stereocenters. The molecule has 0 aromatic carbocycles. The van der Waals surface area contributed by atoms with Gasteiger partial charge in [-0.3, -0.25) is 9.59 Å². The van der Waals surface area contributed by atoms with Gasteiger partial charge in [-0.15, -0.1) is 0 Å². The number of hydrogen-bond acceptors (Lipinski definition) is 2. The summed E-state index contributed by atoms with van der Waals surface area (Å²) in [7, 11) is 0. The molecule has 3 nitrogen and oxygen atoms in total. The van der Waals surface area contributed by atoms with Gasteiger partial charge in [-0.25, -0.2) is 0 Å². The molecule has 0 aromatic rings. The fraction of sp³-hybridized carbons (Fsp3) is 0.882. The lowest BCUT2D eigenvalue weighted by molar-refractivity contribution is -0.130. The average Bonchev–Trinajstić information content (AvgIpc) is 2.49. The lowest BCUT2D eigenvalue weighted by atomic mass is 9.78. The molecular weight excluding hydrogens is 250 g/mol. The molecule has 0 aromatic heterocycles.